The fourth-order valence-electron chi connectivity index (χ4n) is 1.99. The van der Waals surface area contributed by atoms with Crippen LogP contribution < -0.4 is 5.32 Å². The summed E-state index contributed by atoms with van der Waals surface area (Å²) in [5.41, 5.74) is 0. The summed E-state index contributed by atoms with van der Waals surface area (Å²) in [6.07, 6.45) is 9.57. The van der Waals surface area contributed by atoms with Crippen molar-refractivity contribution in [3.8, 4) is 0 Å². The van der Waals surface area contributed by atoms with Crippen molar-refractivity contribution >= 4 is 5.91 Å². The molecule has 0 aliphatic heterocycles. The van der Waals surface area contributed by atoms with E-state index < -0.39 is 0 Å². The van der Waals surface area contributed by atoms with Crippen LogP contribution in [0.5, 0.6) is 0 Å². The van der Waals surface area contributed by atoms with Gasteiger partial charge in [-0.3, -0.25) is 4.79 Å². The Morgan fingerprint density at radius 2 is 1.53 bits per heavy atom. The Morgan fingerprint density at radius 3 is 2.11 bits per heavy atom. The first kappa shape index (κ1) is 18.4. The highest BCUT2D eigenvalue weighted by molar-refractivity contribution is 5.75. The van der Waals surface area contributed by atoms with Crippen LogP contribution >= 0.6 is 0 Å². The molecule has 0 rings (SSSR count). The number of quaternary nitrogens is 1. The van der Waals surface area contributed by atoms with Crippen molar-refractivity contribution in [2.45, 2.75) is 65.2 Å². The zero-order chi connectivity index (χ0) is 14.6. The van der Waals surface area contributed by atoms with Crippen molar-refractivity contribution in [2.75, 3.05) is 33.7 Å². The molecular formula is C16H35N2O+. The molecule has 0 unspecified atom stereocenters. The van der Waals surface area contributed by atoms with Crippen molar-refractivity contribution in [2.24, 2.45) is 0 Å². The minimum Gasteiger partial charge on any atom is -0.350 e. The van der Waals surface area contributed by atoms with Crippen LogP contribution in [0.25, 0.3) is 0 Å². The molecule has 0 atom stereocenters. The van der Waals surface area contributed by atoms with Crippen LogP contribution in [0.2, 0.25) is 0 Å². The highest BCUT2D eigenvalue weighted by Gasteiger charge is 2.11. The highest BCUT2D eigenvalue weighted by Crippen LogP contribution is 2.08. The molecule has 1 amide bonds. The number of carbonyl (C=O) groups excluding carboxylic acids is 1. The lowest BCUT2D eigenvalue weighted by Gasteiger charge is -2.28. The monoisotopic (exact) mass is 271 g/mol. The van der Waals surface area contributed by atoms with Gasteiger partial charge in [-0.1, -0.05) is 45.4 Å². The molecule has 0 heterocycles. The summed E-state index contributed by atoms with van der Waals surface area (Å²) in [6.45, 7) is 7.34. The third-order valence-electron chi connectivity index (χ3n) is 3.90. The third-order valence-corrected chi connectivity index (χ3v) is 3.90. The van der Waals surface area contributed by atoms with E-state index in [1.807, 2.05) is 0 Å². The Bertz CT molecular complexity index is 227. The molecule has 3 heteroatoms. The molecule has 19 heavy (non-hydrogen) atoms. The first-order chi connectivity index (χ1) is 9.02. The molecule has 0 aliphatic carbocycles. The molecule has 0 bridgehead atoms. The lowest BCUT2D eigenvalue weighted by molar-refractivity contribution is -0.887. The van der Waals surface area contributed by atoms with Gasteiger partial charge in [0.1, 0.15) is 0 Å². The van der Waals surface area contributed by atoms with E-state index in [1.54, 1.807) is 0 Å². The van der Waals surface area contributed by atoms with E-state index in [-0.39, 0.29) is 5.91 Å². The van der Waals surface area contributed by atoms with Crippen LogP contribution in [-0.2, 0) is 4.79 Å². The number of rotatable bonds is 12. The summed E-state index contributed by atoms with van der Waals surface area (Å²) in [4.78, 5) is 11.6. The van der Waals surface area contributed by atoms with Crippen LogP contribution in [0.1, 0.15) is 65.2 Å². The van der Waals surface area contributed by atoms with Gasteiger partial charge in [-0.25, -0.2) is 0 Å². The first-order valence-corrected chi connectivity index (χ1v) is 8.10. The molecular weight excluding hydrogens is 236 g/mol. The Labute approximate surface area is 120 Å². The molecule has 0 fully saturated rings. The first-order valence-electron chi connectivity index (χ1n) is 8.10. The third kappa shape index (κ3) is 12.2. The van der Waals surface area contributed by atoms with Gasteiger partial charge in [0.05, 0.1) is 33.7 Å². The maximum absolute atomic E-state index is 11.6. The number of amides is 1. The zero-order valence-electron chi connectivity index (χ0n) is 13.6. The maximum Gasteiger partial charge on any atom is 0.220 e. The molecule has 3 nitrogen and oxygen atoms in total. The van der Waals surface area contributed by atoms with Gasteiger partial charge in [0.25, 0.3) is 0 Å². The number of hydrogen-bond acceptors (Lipinski definition) is 1. The lowest BCUT2D eigenvalue weighted by atomic mass is 10.1. The fraction of sp³-hybridized carbons (Fsp3) is 0.938. The topological polar surface area (TPSA) is 29.1 Å². The van der Waals surface area contributed by atoms with E-state index in [9.17, 15) is 4.79 Å². The molecule has 0 spiro atoms. The molecule has 0 aromatic carbocycles. The summed E-state index contributed by atoms with van der Waals surface area (Å²) >= 11 is 0. The van der Waals surface area contributed by atoms with E-state index in [1.165, 1.54) is 38.5 Å². The van der Waals surface area contributed by atoms with Gasteiger partial charge in [0, 0.05) is 6.42 Å². The van der Waals surface area contributed by atoms with E-state index in [0.717, 1.165) is 30.5 Å². The molecule has 0 aliphatic rings. The summed E-state index contributed by atoms with van der Waals surface area (Å²) in [5, 5.41) is 3.03. The minimum absolute atomic E-state index is 0.227. The second kappa shape index (κ2) is 11.3. The Kier molecular flexibility index (Phi) is 10.9. The number of nitrogens with zero attached hydrogens (tertiary/aromatic N) is 1. The van der Waals surface area contributed by atoms with Crippen molar-refractivity contribution in [3.05, 3.63) is 0 Å². The second-order valence-electron chi connectivity index (χ2n) is 6.20. The molecule has 114 valence electrons. The van der Waals surface area contributed by atoms with Gasteiger partial charge in [0.2, 0.25) is 5.91 Å². The number of nitrogens with one attached hydrogen (secondary N) is 1. The standard InChI is InChI=1S/C16H34N2O/c1-5-7-8-9-10-11-12-13-16(19)17-14-15-18(3,4)6-2/h5-15H2,1-4H3/p+1. The van der Waals surface area contributed by atoms with Crippen LogP contribution in [-0.4, -0.2) is 44.1 Å². The Hall–Kier alpha value is -0.570. The summed E-state index contributed by atoms with van der Waals surface area (Å²) in [6, 6.07) is 0. The van der Waals surface area contributed by atoms with Gasteiger partial charge in [-0.05, 0) is 13.3 Å². The van der Waals surface area contributed by atoms with Crippen LogP contribution in [0.3, 0.4) is 0 Å². The van der Waals surface area contributed by atoms with E-state index in [2.05, 4.69) is 33.3 Å². The van der Waals surface area contributed by atoms with E-state index >= 15 is 0 Å². The minimum atomic E-state index is 0.227. The Morgan fingerprint density at radius 1 is 0.947 bits per heavy atom. The van der Waals surface area contributed by atoms with Crippen molar-refractivity contribution in [1.29, 1.82) is 0 Å². The van der Waals surface area contributed by atoms with Gasteiger partial charge in [-0.2, -0.15) is 0 Å². The molecule has 0 saturated carbocycles. The lowest BCUT2D eigenvalue weighted by Crippen LogP contribution is -2.45. The fourth-order valence-corrected chi connectivity index (χ4v) is 1.99. The molecule has 0 aromatic rings. The average Bonchev–Trinajstić information content (AvgIpc) is 2.37. The van der Waals surface area contributed by atoms with Gasteiger partial charge in [0.15, 0.2) is 0 Å². The van der Waals surface area contributed by atoms with E-state index in [0.29, 0.717) is 6.42 Å². The second-order valence-corrected chi connectivity index (χ2v) is 6.20. The largest absolute Gasteiger partial charge is 0.350 e. The van der Waals surface area contributed by atoms with Crippen LogP contribution in [0.15, 0.2) is 0 Å². The van der Waals surface area contributed by atoms with Gasteiger partial charge >= 0.3 is 0 Å². The van der Waals surface area contributed by atoms with Crippen LogP contribution in [0.4, 0.5) is 0 Å². The highest BCUT2D eigenvalue weighted by atomic mass is 16.1. The molecule has 0 aromatic heterocycles. The molecule has 0 saturated heterocycles. The van der Waals surface area contributed by atoms with Crippen LogP contribution in [0, 0.1) is 0 Å². The SMILES string of the molecule is CCCCCCCCCC(=O)NCC[N+](C)(C)CC. The van der Waals surface area contributed by atoms with Crippen molar-refractivity contribution < 1.29 is 9.28 Å². The average molecular weight is 271 g/mol. The summed E-state index contributed by atoms with van der Waals surface area (Å²) in [5.74, 6) is 0.227. The smallest absolute Gasteiger partial charge is 0.220 e. The van der Waals surface area contributed by atoms with Gasteiger partial charge < -0.3 is 9.80 Å². The quantitative estimate of drug-likeness (QED) is 0.428. The van der Waals surface area contributed by atoms with Crippen molar-refractivity contribution in [1.82, 2.24) is 5.32 Å². The number of carbonyl (C=O) groups is 1. The van der Waals surface area contributed by atoms with E-state index in [4.69, 9.17) is 0 Å². The summed E-state index contributed by atoms with van der Waals surface area (Å²) < 4.78 is 0.970. The number of hydrogen-bond donors (Lipinski definition) is 1. The maximum atomic E-state index is 11.6. The zero-order valence-corrected chi connectivity index (χ0v) is 13.6. The molecule has 0 radical (unpaired) electrons. The Balaban J connectivity index is 3.35. The van der Waals surface area contributed by atoms with Gasteiger partial charge in [-0.15, -0.1) is 0 Å². The van der Waals surface area contributed by atoms with Crippen molar-refractivity contribution in [3.63, 3.8) is 0 Å². The predicted octanol–water partition coefficient (Wildman–Crippen LogP) is 3.34. The number of unbranched alkanes of at least 4 members (excludes halogenated alkanes) is 6. The summed E-state index contributed by atoms with van der Waals surface area (Å²) in [7, 11) is 4.39. The molecule has 1 N–H and O–H groups in total. The normalized spacial score (nSPS) is 11.6. The predicted molar refractivity (Wildman–Crippen MR) is 83.1 cm³/mol. The number of likely N-dealkylation sites (N-methyl/N-ethyl adjacent to an activating group) is 1.